The van der Waals surface area contributed by atoms with Gasteiger partial charge in [0, 0.05) is 24.0 Å². The van der Waals surface area contributed by atoms with Gasteiger partial charge in [-0.15, -0.1) is 0 Å². The molecule has 1 heterocycles. The number of nitrogen functional groups attached to an aromatic ring is 1. The fraction of sp³-hybridized carbons (Fsp3) is 0.538. The van der Waals surface area contributed by atoms with Gasteiger partial charge >= 0.3 is 6.18 Å². The van der Waals surface area contributed by atoms with Gasteiger partial charge in [0.25, 0.3) is 0 Å². The van der Waals surface area contributed by atoms with Crippen LogP contribution in [0.1, 0.15) is 25.3 Å². The van der Waals surface area contributed by atoms with Crippen LogP contribution in [-0.4, -0.2) is 18.8 Å². The molecule has 6 heteroatoms. The first-order valence-corrected chi connectivity index (χ1v) is 6.23. The van der Waals surface area contributed by atoms with Crippen LogP contribution in [0.25, 0.3) is 0 Å². The molecular weight excluding hydrogens is 257 g/mol. The maximum Gasteiger partial charge on any atom is 0.418 e. The van der Waals surface area contributed by atoms with E-state index >= 15 is 0 Å². The zero-order chi connectivity index (χ0) is 14.0. The normalized spacial score (nSPS) is 21.4. The largest absolute Gasteiger partial charge is 0.418 e. The van der Waals surface area contributed by atoms with Crippen molar-refractivity contribution in [3.63, 3.8) is 0 Å². The zero-order valence-electron chi connectivity index (χ0n) is 10.6. The molecule has 0 bridgehead atoms. The Kier molecular flexibility index (Phi) is 3.89. The van der Waals surface area contributed by atoms with Gasteiger partial charge in [0.2, 0.25) is 0 Å². The molecule has 1 aliphatic rings. The number of anilines is 2. The van der Waals surface area contributed by atoms with E-state index in [-0.39, 0.29) is 23.5 Å². The number of ether oxygens (including phenoxy) is 1. The number of hydrogen-bond donors (Lipinski definition) is 2. The van der Waals surface area contributed by atoms with Crippen LogP contribution in [0.4, 0.5) is 24.5 Å². The molecule has 3 N–H and O–H groups in total. The Balaban J connectivity index is 2.19. The van der Waals surface area contributed by atoms with E-state index in [2.05, 4.69) is 5.32 Å². The van der Waals surface area contributed by atoms with Crippen molar-refractivity contribution in [3.05, 3.63) is 23.8 Å². The number of nitrogens with two attached hydrogens (primary N) is 1. The molecular formula is C13H17F3N2O. The van der Waals surface area contributed by atoms with Crippen LogP contribution < -0.4 is 11.1 Å². The Morgan fingerprint density at radius 2 is 2.16 bits per heavy atom. The summed E-state index contributed by atoms with van der Waals surface area (Å²) in [4.78, 5) is 0. The fourth-order valence-corrected chi connectivity index (χ4v) is 2.26. The summed E-state index contributed by atoms with van der Waals surface area (Å²) in [5.74, 6) is 0. The van der Waals surface area contributed by atoms with Crippen LogP contribution in [-0.2, 0) is 10.9 Å². The molecule has 0 radical (unpaired) electrons. The highest BCUT2D eigenvalue weighted by molar-refractivity contribution is 5.59. The van der Waals surface area contributed by atoms with E-state index < -0.39 is 11.7 Å². The van der Waals surface area contributed by atoms with E-state index in [1.54, 1.807) is 0 Å². The van der Waals surface area contributed by atoms with Gasteiger partial charge in [-0.2, -0.15) is 13.2 Å². The molecule has 0 saturated carbocycles. The molecule has 19 heavy (non-hydrogen) atoms. The molecule has 2 atom stereocenters. The van der Waals surface area contributed by atoms with Crippen LogP contribution in [0.15, 0.2) is 18.2 Å². The number of rotatable bonds is 3. The molecule has 1 aromatic rings. The van der Waals surface area contributed by atoms with E-state index in [9.17, 15) is 13.2 Å². The van der Waals surface area contributed by atoms with E-state index in [1.165, 1.54) is 12.1 Å². The van der Waals surface area contributed by atoms with Crippen LogP contribution in [0.5, 0.6) is 0 Å². The molecule has 0 spiro atoms. The summed E-state index contributed by atoms with van der Waals surface area (Å²) in [5.41, 5.74) is 4.83. The number of nitrogens with one attached hydrogen (secondary N) is 1. The van der Waals surface area contributed by atoms with Crippen molar-refractivity contribution in [2.45, 2.75) is 38.1 Å². The third kappa shape index (κ3) is 3.32. The van der Waals surface area contributed by atoms with Crippen molar-refractivity contribution >= 4 is 11.4 Å². The quantitative estimate of drug-likeness (QED) is 0.832. The Labute approximate surface area is 109 Å². The SMILES string of the molecule is CC(Nc1ccc(N)cc1C(F)(F)F)C1CCCO1. The highest BCUT2D eigenvalue weighted by Gasteiger charge is 2.34. The minimum Gasteiger partial charge on any atom is -0.399 e. The molecule has 1 aliphatic heterocycles. The molecule has 0 amide bonds. The third-order valence-corrected chi connectivity index (χ3v) is 3.25. The summed E-state index contributed by atoms with van der Waals surface area (Å²) in [7, 11) is 0. The average Bonchev–Trinajstić information content (AvgIpc) is 2.83. The number of benzene rings is 1. The lowest BCUT2D eigenvalue weighted by molar-refractivity contribution is -0.136. The molecule has 1 saturated heterocycles. The van der Waals surface area contributed by atoms with Gasteiger partial charge in [-0.1, -0.05) is 0 Å². The predicted molar refractivity (Wildman–Crippen MR) is 67.9 cm³/mol. The lowest BCUT2D eigenvalue weighted by Gasteiger charge is -2.23. The smallest absolute Gasteiger partial charge is 0.399 e. The molecule has 1 aromatic carbocycles. The molecule has 3 nitrogen and oxygen atoms in total. The van der Waals surface area contributed by atoms with Gasteiger partial charge in [0.05, 0.1) is 11.7 Å². The third-order valence-electron chi connectivity index (χ3n) is 3.25. The second-order valence-electron chi connectivity index (χ2n) is 4.79. The first-order valence-electron chi connectivity index (χ1n) is 6.23. The summed E-state index contributed by atoms with van der Waals surface area (Å²) in [6, 6.07) is 3.60. The average molecular weight is 274 g/mol. The van der Waals surface area contributed by atoms with Gasteiger partial charge in [-0.25, -0.2) is 0 Å². The second-order valence-corrected chi connectivity index (χ2v) is 4.79. The minimum atomic E-state index is -4.42. The summed E-state index contributed by atoms with van der Waals surface area (Å²) in [5, 5.41) is 2.89. The molecule has 106 valence electrons. The Bertz CT molecular complexity index is 442. The van der Waals surface area contributed by atoms with E-state index in [1.807, 2.05) is 6.92 Å². The molecule has 0 aromatic heterocycles. The Hall–Kier alpha value is -1.43. The number of alkyl halides is 3. The molecule has 2 unspecified atom stereocenters. The first-order chi connectivity index (χ1) is 8.88. The van der Waals surface area contributed by atoms with Crippen molar-refractivity contribution in [1.29, 1.82) is 0 Å². The van der Waals surface area contributed by atoms with Crippen LogP contribution in [0.2, 0.25) is 0 Å². The lowest BCUT2D eigenvalue weighted by atomic mass is 10.1. The van der Waals surface area contributed by atoms with Crippen molar-refractivity contribution < 1.29 is 17.9 Å². The highest BCUT2D eigenvalue weighted by atomic mass is 19.4. The lowest BCUT2D eigenvalue weighted by Crippen LogP contribution is -2.31. The van der Waals surface area contributed by atoms with Crippen LogP contribution in [0.3, 0.4) is 0 Å². The Morgan fingerprint density at radius 1 is 1.42 bits per heavy atom. The summed E-state index contributed by atoms with van der Waals surface area (Å²) in [6.07, 6.45) is -2.65. The van der Waals surface area contributed by atoms with Crippen molar-refractivity contribution in [3.8, 4) is 0 Å². The molecule has 2 rings (SSSR count). The topological polar surface area (TPSA) is 47.3 Å². The fourth-order valence-electron chi connectivity index (χ4n) is 2.26. The maximum absolute atomic E-state index is 12.9. The van der Waals surface area contributed by atoms with E-state index in [0.29, 0.717) is 6.61 Å². The van der Waals surface area contributed by atoms with Crippen molar-refractivity contribution in [1.82, 2.24) is 0 Å². The van der Waals surface area contributed by atoms with Gasteiger partial charge in [-0.3, -0.25) is 0 Å². The molecule has 1 fully saturated rings. The highest BCUT2D eigenvalue weighted by Crippen LogP contribution is 2.36. The minimum absolute atomic E-state index is 0.0429. The van der Waals surface area contributed by atoms with Gasteiger partial charge in [-0.05, 0) is 38.0 Å². The summed E-state index contributed by atoms with van der Waals surface area (Å²) < 4.78 is 44.3. The van der Waals surface area contributed by atoms with Gasteiger partial charge in [0.1, 0.15) is 0 Å². The predicted octanol–water partition coefficient (Wildman–Crippen LogP) is 3.27. The second kappa shape index (κ2) is 5.28. The van der Waals surface area contributed by atoms with E-state index in [4.69, 9.17) is 10.5 Å². The van der Waals surface area contributed by atoms with Gasteiger partial charge in [0.15, 0.2) is 0 Å². The van der Waals surface area contributed by atoms with E-state index in [0.717, 1.165) is 18.9 Å². The van der Waals surface area contributed by atoms with Crippen molar-refractivity contribution in [2.24, 2.45) is 0 Å². The molecule has 0 aliphatic carbocycles. The monoisotopic (exact) mass is 274 g/mol. The zero-order valence-corrected chi connectivity index (χ0v) is 10.6. The summed E-state index contributed by atoms with van der Waals surface area (Å²) >= 11 is 0. The van der Waals surface area contributed by atoms with Crippen LogP contribution >= 0.6 is 0 Å². The van der Waals surface area contributed by atoms with Crippen molar-refractivity contribution in [2.75, 3.05) is 17.7 Å². The standard InChI is InChI=1S/C13H17F3N2O/c1-8(12-3-2-6-19-12)18-11-5-4-9(17)7-10(11)13(14,15)16/h4-5,7-8,12,18H,2-3,6,17H2,1H3. The first kappa shape index (κ1) is 14.0. The Morgan fingerprint density at radius 3 is 2.74 bits per heavy atom. The van der Waals surface area contributed by atoms with Gasteiger partial charge < -0.3 is 15.8 Å². The number of hydrogen-bond acceptors (Lipinski definition) is 3. The van der Waals surface area contributed by atoms with Crippen LogP contribution in [0, 0.1) is 0 Å². The summed E-state index contributed by atoms with van der Waals surface area (Å²) in [6.45, 7) is 2.50. The number of halogens is 3. The maximum atomic E-state index is 12.9.